The molecule has 1 aromatic rings. The molecular formula is C9H13N3O3S. The quantitative estimate of drug-likeness (QED) is 0.775. The second-order valence-electron chi connectivity index (χ2n) is 3.38. The molecule has 0 saturated carbocycles. The van der Waals surface area contributed by atoms with E-state index in [-0.39, 0.29) is 17.4 Å². The number of aromatic carboxylic acids is 1. The predicted molar refractivity (Wildman–Crippen MR) is 61.0 cm³/mol. The highest BCUT2D eigenvalue weighted by atomic mass is 32.2. The topological polar surface area (TPSA) is 92.2 Å². The molecule has 1 heterocycles. The first kappa shape index (κ1) is 12.6. The zero-order valence-electron chi connectivity index (χ0n) is 9.01. The van der Waals surface area contributed by atoms with E-state index in [0.717, 1.165) is 0 Å². The van der Waals surface area contributed by atoms with Crippen LogP contribution in [0.2, 0.25) is 0 Å². The van der Waals surface area contributed by atoms with E-state index in [2.05, 4.69) is 15.5 Å². The maximum atomic E-state index is 11.0. The fourth-order valence-corrected chi connectivity index (χ4v) is 2.03. The lowest BCUT2D eigenvalue weighted by Gasteiger charge is -2.13. The highest BCUT2D eigenvalue weighted by Crippen LogP contribution is 2.11. The number of hydrogen-bond acceptors (Lipinski definition) is 5. The highest BCUT2D eigenvalue weighted by Gasteiger charge is 2.13. The van der Waals surface area contributed by atoms with E-state index < -0.39 is 16.8 Å². The van der Waals surface area contributed by atoms with Crippen LogP contribution in [0, 0.1) is 0 Å². The van der Waals surface area contributed by atoms with E-state index in [9.17, 15) is 9.00 Å². The van der Waals surface area contributed by atoms with Gasteiger partial charge < -0.3 is 10.4 Å². The average molecular weight is 243 g/mol. The molecule has 0 bridgehead atoms. The molecule has 2 N–H and O–H groups in total. The van der Waals surface area contributed by atoms with Crippen molar-refractivity contribution < 1.29 is 14.1 Å². The van der Waals surface area contributed by atoms with Crippen LogP contribution in [0.3, 0.4) is 0 Å². The third-order valence-corrected chi connectivity index (χ3v) is 2.79. The molecule has 0 spiro atoms. The minimum atomic E-state index is -1.07. The molecule has 2 unspecified atom stereocenters. The lowest BCUT2D eigenvalue weighted by Crippen LogP contribution is -2.24. The summed E-state index contributed by atoms with van der Waals surface area (Å²) in [4.78, 5) is 10.9. The van der Waals surface area contributed by atoms with Gasteiger partial charge in [-0.05, 0) is 13.0 Å². The maximum Gasteiger partial charge on any atom is 0.339 e. The Morgan fingerprint density at radius 1 is 1.69 bits per heavy atom. The van der Waals surface area contributed by atoms with Crippen molar-refractivity contribution >= 4 is 22.6 Å². The number of anilines is 1. The molecule has 0 aromatic carbocycles. The van der Waals surface area contributed by atoms with Crippen molar-refractivity contribution in [1.82, 2.24) is 10.2 Å². The lowest BCUT2D eigenvalue weighted by molar-refractivity contribution is 0.0697. The largest absolute Gasteiger partial charge is 0.478 e. The molecule has 0 amide bonds. The van der Waals surface area contributed by atoms with Gasteiger partial charge in [0.25, 0.3) is 0 Å². The summed E-state index contributed by atoms with van der Waals surface area (Å²) in [6, 6.07) is 1.24. The Bertz CT molecular complexity index is 411. The van der Waals surface area contributed by atoms with Gasteiger partial charge in [-0.3, -0.25) is 4.21 Å². The van der Waals surface area contributed by atoms with Crippen molar-refractivity contribution in [3.8, 4) is 0 Å². The van der Waals surface area contributed by atoms with Crippen molar-refractivity contribution in [2.75, 3.05) is 17.3 Å². The molecule has 88 valence electrons. The number of carboxylic acid groups (broad SMARTS) is 1. The molecule has 0 aliphatic carbocycles. The van der Waals surface area contributed by atoms with Gasteiger partial charge in [-0.1, -0.05) is 0 Å². The maximum absolute atomic E-state index is 11.0. The third kappa shape index (κ3) is 3.58. The summed E-state index contributed by atoms with van der Waals surface area (Å²) in [5.41, 5.74) is 0.0590. The molecule has 0 saturated heterocycles. The van der Waals surface area contributed by atoms with Gasteiger partial charge in [-0.2, -0.15) is 5.10 Å². The number of nitrogens with zero attached hydrogens (tertiary/aromatic N) is 2. The molecule has 0 fully saturated rings. The van der Waals surface area contributed by atoms with Gasteiger partial charge in [0.15, 0.2) is 5.82 Å². The van der Waals surface area contributed by atoms with Crippen LogP contribution in [0.1, 0.15) is 17.3 Å². The van der Waals surface area contributed by atoms with Gasteiger partial charge in [0.2, 0.25) is 0 Å². The van der Waals surface area contributed by atoms with Crippen molar-refractivity contribution in [1.29, 1.82) is 0 Å². The molecule has 0 aliphatic rings. The summed E-state index contributed by atoms with van der Waals surface area (Å²) in [6.07, 6.45) is 2.91. The first-order valence-corrected chi connectivity index (χ1v) is 6.35. The fourth-order valence-electron chi connectivity index (χ4n) is 1.24. The zero-order valence-corrected chi connectivity index (χ0v) is 9.82. The minimum absolute atomic E-state index is 0.0590. The van der Waals surface area contributed by atoms with Crippen molar-refractivity contribution in [2.45, 2.75) is 13.0 Å². The van der Waals surface area contributed by atoms with Crippen LogP contribution in [-0.2, 0) is 10.8 Å². The molecule has 0 aliphatic heterocycles. The smallest absolute Gasteiger partial charge is 0.339 e. The molecule has 0 radical (unpaired) electrons. The van der Waals surface area contributed by atoms with E-state index in [1.54, 1.807) is 6.26 Å². The van der Waals surface area contributed by atoms with E-state index in [1.807, 2.05) is 6.92 Å². The second kappa shape index (κ2) is 5.55. The van der Waals surface area contributed by atoms with Crippen molar-refractivity contribution in [2.24, 2.45) is 0 Å². The van der Waals surface area contributed by atoms with Crippen LogP contribution < -0.4 is 5.32 Å². The van der Waals surface area contributed by atoms with Crippen LogP contribution in [0.5, 0.6) is 0 Å². The van der Waals surface area contributed by atoms with E-state index >= 15 is 0 Å². The van der Waals surface area contributed by atoms with Crippen LogP contribution >= 0.6 is 0 Å². The lowest BCUT2D eigenvalue weighted by atomic mass is 10.2. The Kier molecular flexibility index (Phi) is 4.36. The number of rotatable bonds is 5. The number of carbonyl (C=O) groups is 1. The SMILES string of the molecule is CC(CS(C)=O)Nc1nnccc1C(=O)O. The number of carboxylic acids is 1. The molecule has 1 rings (SSSR count). The third-order valence-electron chi connectivity index (χ3n) is 1.82. The summed E-state index contributed by atoms with van der Waals surface area (Å²) in [7, 11) is -0.945. The summed E-state index contributed by atoms with van der Waals surface area (Å²) in [5.74, 6) is -0.439. The summed E-state index contributed by atoms with van der Waals surface area (Å²) in [5, 5.41) is 19.1. The summed E-state index contributed by atoms with van der Waals surface area (Å²) >= 11 is 0. The fraction of sp³-hybridized carbons (Fsp3) is 0.444. The highest BCUT2D eigenvalue weighted by molar-refractivity contribution is 7.84. The monoisotopic (exact) mass is 243 g/mol. The molecule has 2 atom stereocenters. The van der Waals surface area contributed by atoms with Crippen molar-refractivity contribution in [3.05, 3.63) is 17.8 Å². The number of hydrogen-bond donors (Lipinski definition) is 2. The summed E-state index contributed by atoms with van der Waals surface area (Å²) < 4.78 is 11.0. The van der Waals surface area contributed by atoms with Crippen LogP contribution in [0.15, 0.2) is 12.3 Å². The zero-order chi connectivity index (χ0) is 12.1. The Morgan fingerprint density at radius 3 is 2.94 bits per heavy atom. The number of aromatic nitrogens is 2. The van der Waals surface area contributed by atoms with Gasteiger partial charge in [0, 0.05) is 28.9 Å². The standard InChI is InChI=1S/C9H13N3O3S/c1-6(5-16(2)15)11-8-7(9(13)14)3-4-10-12-8/h3-4,6H,5H2,1-2H3,(H,11,12)(H,13,14). The van der Waals surface area contributed by atoms with Gasteiger partial charge >= 0.3 is 5.97 Å². The van der Waals surface area contributed by atoms with Gasteiger partial charge in [0.1, 0.15) is 5.56 Å². The Hall–Kier alpha value is -1.50. The van der Waals surface area contributed by atoms with Gasteiger partial charge in [-0.15, -0.1) is 5.10 Å². The Labute approximate surface area is 95.5 Å². The Morgan fingerprint density at radius 2 is 2.38 bits per heavy atom. The normalized spacial score (nSPS) is 14.1. The molecule has 1 aromatic heterocycles. The van der Waals surface area contributed by atoms with Crippen LogP contribution in [0.25, 0.3) is 0 Å². The Balaban J connectivity index is 2.80. The molecule has 16 heavy (non-hydrogen) atoms. The van der Waals surface area contributed by atoms with E-state index in [1.165, 1.54) is 12.3 Å². The first-order valence-electron chi connectivity index (χ1n) is 4.62. The van der Waals surface area contributed by atoms with E-state index in [4.69, 9.17) is 5.11 Å². The minimum Gasteiger partial charge on any atom is -0.478 e. The van der Waals surface area contributed by atoms with Crippen molar-refractivity contribution in [3.63, 3.8) is 0 Å². The van der Waals surface area contributed by atoms with E-state index in [0.29, 0.717) is 5.75 Å². The predicted octanol–water partition coefficient (Wildman–Crippen LogP) is 0.354. The second-order valence-corrected chi connectivity index (χ2v) is 4.86. The first-order chi connectivity index (χ1) is 7.50. The number of nitrogens with one attached hydrogen (secondary N) is 1. The van der Waals surface area contributed by atoms with Crippen LogP contribution in [0.4, 0.5) is 5.82 Å². The molecule has 6 nitrogen and oxygen atoms in total. The molecular weight excluding hydrogens is 230 g/mol. The van der Waals surface area contributed by atoms with Gasteiger partial charge in [0.05, 0.1) is 6.20 Å². The summed E-state index contributed by atoms with van der Waals surface area (Å²) in [6.45, 7) is 1.81. The van der Waals surface area contributed by atoms with Gasteiger partial charge in [-0.25, -0.2) is 4.79 Å². The average Bonchev–Trinajstić information content (AvgIpc) is 2.16. The molecule has 7 heteroatoms. The van der Waals surface area contributed by atoms with Crippen LogP contribution in [-0.4, -0.2) is 43.5 Å².